The van der Waals surface area contributed by atoms with Crippen LogP contribution in [0.25, 0.3) is 0 Å². The monoisotopic (exact) mass is 224 g/mol. The summed E-state index contributed by atoms with van der Waals surface area (Å²) in [6.07, 6.45) is 1.06. The van der Waals surface area contributed by atoms with Crippen molar-refractivity contribution in [1.82, 2.24) is 20.2 Å². The quantitative estimate of drug-likeness (QED) is 0.731. The molecule has 0 saturated heterocycles. The van der Waals surface area contributed by atoms with Crippen LogP contribution in [0.5, 0.6) is 0 Å². The molecule has 0 aliphatic carbocycles. The van der Waals surface area contributed by atoms with Crippen LogP contribution >= 0.6 is 12.2 Å². The molecule has 0 radical (unpaired) electrons. The summed E-state index contributed by atoms with van der Waals surface area (Å²) in [5.41, 5.74) is 3.68. The third kappa shape index (κ3) is 2.25. The maximum atomic E-state index is 5.12. The van der Waals surface area contributed by atoms with Gasteiger partial charge in [0.05, 0.1) is 5.69 Å². The van der Waals surface area contributed by atoms with Gasteiger partial charge in [-0.1, -0.05) is 0 Å². The first-order valence-corrected chi connectivity index (χ1v) is 5.55. The summed E-state index contributed by atoms with van der Waals surface area (Å²) in [7, 11) is 4.06. The van der Waals surface area contributed by atoms with E-state index in [0.717, 1.165) is 31.7 Å². The third-order valence-electron chi connectivity index (χ3n) is 2.72. The van der Waals surface area contributed by atoms with Gasteiger partial charge in [-0.25, -0.2) is 4.98 Å². The van der Waals surface area contributed by atoms with Crippen LogP contribution in [0.15, 0.2) is 0 Å². The predicted octanol–water partition coefficient (Wildman–Crippen LogP) is 0.846. The van der Waals surface area contributed by atoms with Gasteiger partial charge in [-0.2, -0.15) is 0 Å². The zero-order valence-corrected chi connectivity index (χ0v) is 9.95. The molecule has 82 valence electrons. The Morgan fingerprint density at radius 2 is 2.40 bits per heavy atom. The van der Waals surface area contributed by atoms with Crippen LogP contribution in [-0.4, -0.2) is 35.5 Å². The van der Waals surface area contributed by atoms with Gasteiger partial charge in [0.1, 0.15) is 0 Å². The normalized spacial score (nSPS) is 16.4. The van der Waals surface area contributed by atoms with Crippen molar-refractivity contribution >= 4 is 12.2 Å². The van der Waals surface area contributed by atoms with Crippen molar-refractivity contribution in [1.29, 1.82) is 0 Å². The molecule has 5 heteroatoms. The molecule has 0 bridgehead atoms. The number of aromatic nitrogens is 2. The van der Waals surface area contributed by atoms with Gasteiger partial charge < -0.3 is 15.2 Å². The first-order valence-electron chi connectivity index (χ1n) is 5.15. The van der Waals surface area contributed by atoms with Gasteiger partial charge >= 0.3 is 0 Å². The average molecular weight is 224 g/mol. The second kappa shape index (κ2) is 4.38. The Morgan fingerprint density at radius 1 is 1.60 bits per heavy atom. The number of H-pyrrole nitrogens is 1. The average Bonchev–Trinajstić information content (AvgIpc) is 2.17. The number of rotatable bonds is 2. The molecule has 1 aromatic heterocycles. The van der Waals surface area contributed by atoms with Crippen molar-refractivity contribution in [3.63, 3.8) is 0 Å². The molecular weight excluding hydrogens is 208 g/mol. The van der Waals surface area contributed by atoms with Crippen LogP contribution in [0.4, 0.5) is 0 Å². The summed E-state index contributed by atoms with van der Waals surface area (Å²) in [4.78, 5) is 9.86. The molecule has 1 aliphatic heterocycles. The second-order valence-corrected chi connectivity index (χ2v) is 4.35. The maximum Gasteiger partial charge on any atom is 0.197 e. The zero-order valence-electron chi connectivity index (χ0n) is 9.13. The van der Waals surface area contributed by atoms with Gasteiger partial charge in [0.25, 0.3) is 0 Å². The van der Waals surface area contributed by atoms with Crippen LogP contribution in [0.2, 0.25) is 0 Å². The minimum absolute atomic E-state index is 0.592. The van der Waals surface area contributed by atoms with Crippen LogP contribution in [0.3, 0.4) is 0 Å². The maximum absolute atomic E-state index is 5.12. The van der Waals surface area contributed by atoms with Crippen molar-refractivity contribution < 1.29 is 0 Å². The Labute approximate surface area is 94.7 Å². The highest BCUT2D eigenvalue weighted by atomic mass is 32.1. The standard InChI is InChI=1S/C10H16N4S/c1-11-5-8-7-3-4-14(2)6-9(7)13-10(15)12-8/h11H,3-6H2,1-2H3,(H,12,13,15). The van der Waals surface area contributed by atoms with Crippen molar-refractivity contribution in [2.24, 2.45) is 0 Å². The Balaban J connectivity index is 2.44. The van der Waals surface area contributed by atoms with Gasteiger partial charge in [-0.05, 0) is 38.3 Å². The minimum Gasteiger partial charge on any atom is -0.333 e. The summed E-state index contributed by atoms with van der Waals surface area (Å²) in [5.74, 6) is 0. The molecule has 0 saturated carbocycles. The van der Waals surface area contributed by atoms with Gasteiger partial charge in [0.15, 0.2) is 4.77 Å². The SMILES string of the molecule is CNCc1nc(=S)[nH]c2c1CCN(C)C2. The van der Waals surface area contributed by atoms with Gasteiger partial charge in [-0.3, -0.25) is 0 Å². The van der Waals surface area contributed by atoms with Crippen LogP contribution in [-0.2, 0) is 19.5 Å². The first kappa shape index (κ1) is 10.7. The number of likely N-dealkylation sites (N-methyl/N-ethyl adjacent to an activating group) is 1. The highest BCUT2D eigenvalue weighted by Gasteiger charge is 2.17. The number of nitrogens with one attached hydrogen (secondary N) is 2. The zero-order chi connectivity index (χ0) is 10.8. The van der Waals surface area contributed by atoms with E-state index < -0.39 is 0 Å². The number of nitrogens with zero attached hydrogens (tertiary/aromatic N) is 2. The Morgan fingerprint density at radius 3 is 3.13 bits per heavy atom. The molecule has 2 heterocycles. The number of hydrogen-bond acceptors (Lipinski definition) is 4. The lowest BCUT2D eigenvalue weighted by Gasteiger charge is -2.25. The second-order valence-electron chi connectivity index (χ2n) is 3.96. The lowest BCUT2D eigenvalue weighted by Crippen LogP contribution is -2.29. The van der Waals surface area contributed by atoms with Crippen molar-refractivity contribution in [3.05, 3.63) is 21.7 Å². The Kier molecular flexibility index (Phi) is 3.14. The molecule has 1 aliphatic rings. The van der Waals surface area contributed by atoms with E-state index in [0.29, 0.717) is 4.77 Å². The lowest BCUT2D eigenvalue weighted by molar-refractivity contribution is 0.305. The molecule has 0 atom stereocenters. The Hall–Kier alpha value is -0.780. The van der Waals surface area contributed by atoms with Gasteiger partial charge in [-0.15, -0.1) is 0 Å². The lowest BCUT2D eigenvalue weighted by atomic mass is 10.0. The molecule has 15 heavy (non-hydrogen) atoms. The van der Waals surface area contributed by atoms with Gasteiger partial charge in [0, 0.05) is 25.3 Å². The molecule has 2 rings (SSSR count). The fraction of sp³-hybridized carbons (Fsp3) is 0.600. The van der Waals surface area contributed by atoms with E-state index in [1.807, 2.05) is 7.05 Å². The third-order valence-corrected chi connectivity index (χ3v) is 2.92. The fourth-order valence-electron chi connectivity index (χ4n) is 1.99. The summed E-state index contributed by atoms with van der Waals surface area (Å²) in [6.45, 7) is 2.83. The fourth-order valence-corrected chi connectivity index (χ4v) is 2.23. The smallest absolute Gasteiger partial charge is 0.197 e. The first-order chi connectivity index (χ1) is 7.20. The molecule has 0 unspecified atom stereocenters. The molecule has 1 aromatic rings. The molecule has 0 spiro atoms. The van der Waals surface area contributed by atoms with E-state index in [9.17, 15) is 0 Å². The van der Waals surface area contributed by atoms with Crippen molar-refractivity contribution in [2.45, 2.75) is 19.5 Å². The molecule has 0 aromatic carbocycles. The number of fused-ring (bicyclic) bond motifs is 1. The number of hydrogen-bond donors (Lipinski definition) is 2. The molecular formula is C10H16N4S. The summed E-state index contributed by atoms with van der Waals surface area (Å²) in [6, 6.07) is 0. The molecule has 0 fully saturated rings. The predicted molar refractivity (Wildman–Crippen MR) is 62.2 cm³/mol. The van der Waals surface area contributed by atoms with Crippen LogP contribution in [0, 0.1) is 4.77 Å². The topological polar surface area (TPSA) is 44.0 Å². The van der Waals surface area contributed by atoms with E-state index in [1.165, 1.54) is 11.3 Å². The van der Waals surface area contributed by atoms with E-state index in [2.05, 4.69) is 27.2 Å². The summed E-state index contributed by atoms with van der Waals surface area (Å²) < 4.78 is 0.592. The van der Waals surface area contributed by atoms with Crippen molar-refractivity contribution in [3.8, 4) is 0 Å². The minimum atomic E-state index is 0.592. The largest absolute Gasteiger partial charge is 0.333 e. The summed E-state index contributed by atoms with van der Waals surface area (Å²) >= 11 is 5.12. The molecule has 2 N–H and O–H groups in total. The van der Waals surface area contributed by atoms with Crippen LogP contribution < -0.4 is 5.32 Å². The summed E-state index contributed by atoms with van der Waals surface area (Å²) in [5, 5.41) is 3.14. The molecule has 4 nitrogen and oxygen atoms in total. The van der Waals surface area contributed by atoms with Crippen LogP contribution in [0.1, 0.15) is 17.0 Å². The van der Waals surface area contributed by atoms with Gasteiger partial charge in [0.2, 0.25) is 0 Å². The van der Waals surface area contributed by atoms with E-state index in [1.54, 1.807) is 0 Å². The highest BCUT2D eigenvalue weighted by Crippen LogP contribution is 2.18. The highest BCUT2D eigenvalue weighted by molar-refractivity contribution is 7.71. The van der Waals surface area contributed by atoms with E-state index in [4.69, 9.17) is 12.2 Å². The molecule has 0 amide bonds. The number of aromatic amines is 1. The Bertz CT molecular complexity index is 392. The van der Waals surface area contributed by atoms with E-state index >= 15 is 0 Å². The van der Waals surface area contributed by atoms with E-state index in [-0.39, 0.29) is 0 Å². The van der Waals surface area contributed by atoms with Crippen molar-refractivity contribution in [2.75, 3.05) is 20.6 Å².